The van der Waals surface area contributed by atoms with Crippen molar-refractivity contribution in [3.8, 4) is 0 Å². The van der Waals surface area contributed by atoms with Crippen molar-refractivity contribution >= 4 is 18.2 Å². The van der Waals surface area contributed by atoms with E-state index in [-0.39, 0.29) is 17.8 Å². The Balaban J connectivity index is 0.00000208. The van der Waals surface area contributed by atoms with E-state index in [9.17, 15) is 4.79 Å². The van der Waals surface area contributed by atoms with Gasteiger partial charge in [0.1, 0.15) is 0 Å². The predicted molar refractivity (Wildman–Crippen MR) is 102 cm³/mol. The molecule has 1 aliphatic rings. The minimum atomic E-state index is -0.384. The standard InChI is InChI=1S/C21H25NO.ClH/c1-16-7-6-9-18(15-16)21(13-14-22(2)3)12-11-17-8-4-5-10-19(17)20(21)23;/h4-10,15H,11-14H2,1-3H3;1H. The number of benzene rings is 2. The Morgan fingerprint density at radius 3 is 2.54 bits per heavy atom. The van der Waals surface area contributed by atoms with E-state index in [1.165, 1.54) is 16.7 Å². The Morgan fingerprint density at radius 2 is 1.83 bits per heavy atom. The third-order valence-electron chi connectivity index (χ3n) is 5.07. The molecular weight excluding hydrogens is 318 g/mol. The number of nitrogens with zero attached hydrogens (tertiary/aromatic N) is 1. The number of fused-ring (bicyclic) bond motifs is 1. The number of aryl methyl sites for hydroxylation is 2. The number of hydrogen-bond donors (Lipinski definition) is 0. The molecule has 2 nitrogen and oxygen atoms in total. The van der Waals surface area contributed by atoms with E-state index in [1.807, 2.05) is 18.2 Å². The van der Waals surface area contributed by atoms with E-state index in [0.717, 1.165) is 31.4 Å². The predicted octanol–water partition coefficient (Wildman–Crippen LogP) is 4.44. The Hall–Kier alpha value is -1.64. The smallest absolute Gasteiger partial charge is 0.173 e. The van der Waals surface area contributed by atoms with E-state index in [1.54, 1.807) is 0 Å². The van der Waals surface area contributed by atoms with Crippen molar-refractivity contribution in [1.29, 1.82) is 0 Å². The Labute approximate surface area is 151 Å². The van der Waals surface area contributed by atoms with Crippen molar-refractivity contribution < 1.29 is 4.79 Å². The van der Waals surface area contributed by atoms with E-state index < -0.39 is 0 Å². The molecule has 3 rings (SSSR count). The highest BCUT2D eigenvalue weighted by Gasteiger charge is 2.43. The number of Topliss-reactive ketones (excluding diaryl/α,β-unsaturated/α-hetero) is 1. The summed E-state index contributed by atoms with van der Waals surface area (Å²) in [6.07, 6.45) is 2.75. The summed E-state index contributed by atoms with van der Waals surface area (Å²) in [6, 6.07) is 16.6. The van der Waals surface area contributed by atoms with Crippen LogP contribution < -0.4 is 0 Å². The normalized spacial score (nSPS) is 19.8. The van der Waals surface area contributed by atoms with Crippen LogP contribution in [-0.4, -0.2) is 31.3 Å². The first-order valence-electron chi connectivity index (χ1n) is 8.37. The fourth-order valence-corrected chi connectivity index (χ4v) is 3.69. The van der Waals surface area contributed by atoms with Crippen LogP contribution >= 0.6 is 12.4 Å². The largest absolute Gasteiger partial charge is 0.309 e. The van der Waals surface area contributed by atoms with Crippen molar-refractivity contribution in [3.05, 3.63) is 70.8 Å². The second-order valence-corrected chi connectivity index (χ2v) is 6.99. The van der Waals surface area contributed by atoms with Crippen LogP contribution in [0.4, 0.5) is 0 Å². The lowest BCUT2D eigenvalue weighted by molar-refractivity contribution is 0.0840. The molecule has 1 unspecified atom stereocenters. The Kier molecular flexibility index (Phi) is 5.84. The lowest BCUT2D eigenvalue weighted by Crippen LogP contribution is -2.42. The van der Waals surface area contributed by atoms with Gasteiger partial charge < -0.3 is 4.90 Å². The molecule has 0 saturated carbocycles. The summed E-state index contributed by atoms with van der Waals surface area (Å²) < 4.78 is 0. The van der Waals surface area contributed by atoms with Crippen LogP contribution in [0, 0.1) is 6.92 Å². The van der Waals surface area contributed by atoms with Gasteiger partial charge in [-0.25, -0.2) is 0 Å². The van der Waals surface area contributed by atoms with Crippen molar-refractivity contribution in [2.45, 2.75) is 31.6 Å². The maximum atomic E-state index is 13.4. The molecule has 2 aromatic rings. The van der Waals surface area contributed by atoms with Crippen LogP contribution in [0.1, 0.15) is 39.9 Å². The van der Waals surface area contributed by atoms with Gasteiger partial charge in [-0.2, -0.15) is 0 Å². The molecule has 0 N–H and O–H groups in total. The molecule has 24 heavy (non-hydrogen) atoms. The zero-order valence-corrected chi connectivity index (χ0v) is 15.5. The van der Waals surface area contributed by atoms with Crippen LogP contribution in [0.3, 0.4) is 0 Å². The monoisotopic (exact) mass is 343 g/mol. The van der Waals surface area contributed by atoms with Gasteiger partial charge in [0.15, 0.2) is 5.78 Å². The van der Waals surface area contributed by atoms with Crippen LogP contribution in [0.25, 0.3) is 0 Å². The van der Waals surface area contributed by atoms with Gasteiger partial charge in [0.25, 0.3) is 0 Å². The molecule has 3 heteroatoms. The zero-order chi connectivity index (χ0) is 16.4. The topological polar surface area (TPSA) is 20.3 Å². The lowest BCUT2D eigenvalue weighted by Gasteiger charge is -2.38. The Bertz CT molecular complexity index is 725. The molecule has 1 aliphatic carbocycles. The highest BCUT2D eigenvalue weighted by atomic mass is 35.5. The molecule has 0 spiro atoms. The molecule has 128 valence electrons. The highest BCUT2D eigenvalue weighted by molar-refractivity contribution is 6.06. The molecule has 1 atom stereocenters. The number of hydrogen-bond acceptors (Lipinski definition) is 2. The maximum absolute atomic E-state index is 13.4. The van der Waals surface area contributed by atoms with E-state index in [0.29, 0.717) is 5.78 Å². The average molecular weight is 344 g/mol. The van der Waals surface area contributed by atoms with Crippen LogP contribution in [0.5, 0.6) is 0 Å². The number of carbonyl (C=O) groups is 1. The maximum Gasteiger partial charge on any atom is 0.173 e. The summed E-state index contributed by atoms with van der Waals surface area (Å²) in [5, 5.41) is 0. The van der Waals surface area contributed by atoms with Crippen molar-refractivity contribution in [3.63, 3.8) is 0 Å². The SMILES string of the molecule is Cc1cccc(C2(CCN(C)C)CCc3ccccc3C2=O)c1.Cl. The molecule has 0 bridgehead atoms. The van der Waals surface area contributed by atoms with E-state index >= 15 is 0 Å². The molecule has 0 radical (unpaired) electrons. The van der Waals surface area contributed by atoms with Gasteiger partial charge in [0.2, 0.25) is 0 Å². The summed E-state index contributed by atoms with van der Waals surface area (Å²) in [4.78, 5) is 15.6. The molecule has 2 aromatic carbocycles. The fourth-order valence-electron chi connectivity index (χ4n) is 3.69. The molecule has 0 aliphatic heterocycles. The summed E-state index contributed by atoms with van der Waals surface area (Å²) in [7, 11) is 4.15. The summed E-state index contributed by atoms with van der Waals surface area (Å²) in [5.41, 5.74) is 4.13. The van der Waals surface area contributed by atoms with E-state index in [2.05, 4.69) is 56.3 Å². The van der Waals surface area contributed by atoms with Gasteiger partial charge in [0, 0.05) is 5.56 Å². The van der Waals surface area contributed by atoms with Crippen LogP contribution in [0.15, 0.2) is 48.5 Å². The van der Waals surface area contributed by atoms with Gasteiger partial charge in [0.05, 0.1) is 5.41 Å². The molecule has 0 amide bonds. The van der Waals surface area contributed by atoms with E-state index in [4.69, 9.17) is 0 Å². The van der Waals surface area contributed by atoms with Crippen molar-refractivity contribution in [2.75, 3.05) is 20.6 Å². The molecule has 0 saturated heterocycles. The van der Waals surface area contributed by atoms with Gasteiger partial charge in [-0.15, -0.1) is 12.4 Å². The number of carbonyl (C=O) groups excluding carboxylic acids is 1. The second kappa shape index (κ2) is 7.50. The van der Waals surface area contributed by atoms with Crippen LogP contribution in [-0.2, 0) is 11.8 Å². The molecule has 0 fully saturated rings. The third kappa shape index (κ3) is 3.40. The third-order valence-corrected chi connectivity index (χ3v) is 5.07. The highest BCUT2D eigenvalue weighted by Crippen LogP contribution is 2.41. The number of halogens is 1. The zero-order valence-electron chi connectivity index (χ0n) is 14.7. The molecular formula is C21H26ClNO. The minimum Gasteiger partial charge on any atom is -0.309 e. The lowest BCUT2D eigenvalue weighted by atomic mass is 9.64. The minimum absolute atomic E-state index is 0. The van der Waals surface area contributed by atoms with Crippen molar-refractivity contribution in [1.82, 2.24) is 4.90 Å². The second-order valence-electron chi connectivity index (χ2n) is 6.99. The quantitative estimate of drug-likeness (QED) is 0.818. The van der Waals surface area contributed by atoms with Crippen LogP contribution in [0.2, 0.25) is 0 Å². The Morgan fingerprint density at radius 1 is 1.08 bits per heavy atom. The number of rotatable bonds is 4. The first-order chi connectivity index (χ1) is 11.0. The van der Waals surface area contributed by atoms with Crippen molar-refractivity contribution in [2.24, 2.45) is 0 Å². The van der Waals surface area contributed by atoms with Gasteiger partial charge >= 0.3 is 0 Å². The van der Waals surface area contributed by atoms with Gasteiger partial charge in [-0.1, -0.05) is 54.1 Å². The van der Waals surface area contributed by atoms with Gasteiger partial charge in [-0.3, -0.25) is 4.79 Å². The average Bonchev–Trinajstić information content (AvgIpc) is 2.55. The fraction of sp³-hybridized carbons (Fsp3) is 0.381. The van der Waals surface area contributed by atoms with Gasteiger partial charge in [-0.05, 0) is 58.0 Å². The summed E-state index contributed by atoms with van der Waals surface area (Å²) in [6.45, 7) is 3.02. The summed E-state index contributed by atoms with van der Waals surface area (Å²) >= 11 is 0. The number of ketones is 1. The first kappa shape index (κ1) is 18.7. The molecule has 0 aromatic heterocycles. The summed E-state index contributed by atoms with van der Waals surface area (Å²) in [5.74, 6) is 0.298. The molecule has 0 heterocycles. The first-order valence-corrected chi connectivity index (χ1v) is 8.37.